The summed E-state index contributed by atoms with van der Waals surface area (Å²) in [7, 11) is 0. The van der Waals surface area contributed by atoms with Gasteiger partial charge in [0.1, 0.15) is 24.7 Å². The van der Waals surface area contributed by atoms with E-state index in [1.807, 2.05) is 48.5 Å². The molecule has 4 heteroatoms. The molecule has 134 valence electrons. The van der Waals surface area contributed by atoms with Crippen molar-refractivity contribution < 1.29 is 18.9 Å². The van der Waals surface area contributed by atoms with Crippen LogP contribution < -0.4 is 9.47 Å². The van der Waals surface area contributed by atoms with Crippen LogP contribution in [0.5, 0.6) is 11.5 Å². The first kappa shape index (κ1) is 17.8. The first-order chi connectivity index (χ1) is 12.1. The van der Waals surface area contributed by atoms with Crippen molar-refractivity contribution in [3.8, 4) is 11.5 Å². The molecule has 0 aromatic heterocycles. The van der Waals surface area contributed by atoms with Crippen LogP contribution in [0.4, 0.5) is 0 Å². The van der Waals surface area contributed by atoms with Crippen LogP contribution in [0.1, 0.15) is 37.7 Å². The fraction of sp³-hybridized carbons (Fsp3) is 0.429. The third kappa shape index (κ3) is 5.21. The SMILES string of the molecule is Cc1ccc(OCCOc2ccc(C3OC(C)CC(C)O3)cc2)cc1. The minimum absolute atomic E-state index is 0.212. The molecule has 2 aromatic carbocycles. The third-order valence-electron chi connectivity index (χ3n) is 4.17. The average Bonchev–Trinajstić information content (AvgIpc) is 2.60. The highest BCUT2D eigenvalue weighted by Crippen LogP contribution is 2.30. The summed E-state index contributed by atoms with van der Waals surface area (Å²) in [5, 5.41) is 0. The number of benzene rings is 2. The molecule has 1 fully saturated rings. The van der Waals surface area contributed by atoms with Gasteiger partial charge >= 0.3 is 0 Å². The molecule has 1 aliphatic rings. The topological polar surface area (TPSA) is 36.9 Å². The van der Waals surface area contributed by atoms with E-state index in [1.165, 1.54) is 5.56 Å². The molecule has 2 unspecified atom stereocenters. The number of hydrogen-bond donors (Lipinski definition) is 0. The largest absolute Gasteiger partial charge is 0.490 e. The second-order valence-electron chi connectivity index (χ2n) is 6.54. The molecule has 4 nitrogen and oxygen atoms in total. The smallest absolute Gasteiger partial charge is 0.184 e. The van der Waals surface area contributed by atoms with Crippen molar-refractivity contribution >= 4 is 0 Å². The molecule has 1 saturated heterocycles. The van der Waals surface area contributed by atoms with Gasteiger partial charge in [-0.3, -0.25) is 0 Å². The molecule has 0 spiro atoms. The fourth-order valence-electron chi connectivity index (χ4n) is 2.86. The van der Waals surface area contributed by atoms with Gasteiger partial charge in [-0.2, -0.15) is 0 Å². The molecule has 0 saturated carbocycles. The molecular weight excluding hydrogens is 316 g/mol. The molecule has 2 aromatic rings. The zero-order valence-corrected chi connectivity index (χ0v) is 15.1. The zero-order valence-electron chi connectivity index (χ0n) is 15.1. The Morgan fingerprint density at radius 2 is 1.28 bits per heavy atom. The highest BCUT2D eigenvalue weighted by molar-refractivity contribution is 5.28. The molecule has 1 heterocycles. The van der Waals surface area contributed by atoms with Crippen molar-refractivity contribution in [3.63, 3.8) is 0 Å². The number of hydrogen-bond acceptors (Lipinski definition) is 4. The first-order valence-electron chi connectivity index (χ1n) is 8.83. The Hall–Kier alpha value is -2.04. The summed E-state index contributed by atoms with van der Waals surface area (Å²) in [5.74, 6) is 1.67. The van der Waals surface area contributed by atoms with Crippen LogP contribution >= 0.6 is 0 Å². The molecule has 25 heavy (non-hydrogen) atoms. The van der Waals surface area contributed by atoms with Gasteiger partial charge in [-0.25, -0.2) is 0 Å². The van der Waals surface area contributed by atoms with Crippen LogP contribution in [0, 0.1) is 6.92 Å². The monoisotopic (exact) mass is 342 g/mol. The second kappa shape index (κ2) is 8.37. The van der Waals surface area contributed by atoms with Crippen molar-refractivity contribution in [3.05, 3.63) is 59.7 Å². The van der Waals surface area contributed by atoms with E-state index in [1.54, 1.807) is 0 Å². The number of rotatable bonds is 6. The standard InChI is InChI=1S/C21H26O4/c1-15-4-8-19(9-5-15)22-12-13-23-20-10-6-18(7-11-20)21-24-16(2)14-17(3)25-21/h4-11,16-17,21H,12-14H2,1-3H3. The molecule has 2 atom stereocenters. The average molecular weight is 342 g/mol. The van der Waals surface area contributed by atoms with Crippen LogP contribution in [0.3, 0.4) is 0 Å². The normalized spacial score (nSPS) is 23.2. The van der Waals surface area contributed by atoms with Crippen LogP contribution in [0.15, 0.2) is 48.5 Å². The lowest BCUT2D eigenvalue weighted by Gasteiger charge is -2.32. The minimum atomic E-state index is -0.294. The quantitative estimate of drug-likeness (QED) is 0.715. The van der Waals surface area contributed by atoms with Crippen molar-refractivity contribution in [1.29, 1.82) is 0 Å². The van der Waals surface area contributed by atoms with Crippen LogP contribution in [0.2, 0.25) is 0 Å². The number of ether oxygens (including phenoxy) is 4. The van der Waals surface area contributed by atoms with Crippen LogP contribution in [-0.4, -0.2) is 25.4 Å². The Morgan fingerprint density at radius 3 is 1.80 bits per heavy atom. The highest BCUT2D eigenvalue weighted by Gasteiger charge is 2.26. The van der Waals surface area contributed by atoms with Gasteiger partial charge in [-0.1, -0.05) is 29.8 Å². The Kier molecular flexibility index (Phi) is 5.95. The maximum atomic E-state index is 5.86. The van der Waals surface area contributed by atoms with E-state index in [4.69, 9.17) is 18.9 Å². The second-order valence-corrected chi connectivity index (χ2v) is 6.54. The van der Waals surface area contributed by atoms with E-state index in [-0.39, 0.29) is 18.5 Å². The lowest BCUT2D eigenvalue weighted by atomic mass is 10.1. The Labute approximate surface area is 149 Å². The molecular formula is C21H26O4. The fourth-order valence-corrected chi connectivity index (χ4v) is 2.86. The van der Waals surface area contributed by atoms with Gasteiger partial charge in [0.2, 0.25) is 0 Å². The summed E-state index contributed by atoms with van der Waals surface area (Å²) >= 11 is 0. The molecule has 0 radical (unpaired) electrons. The highest BCUT2D eigenvalue weighted by atomic mass is 16.7. The van der Waals surface area contributed by atoms with Gasteiger partial charge in [-0.05, 0) is 51.5 Å². The molecule has 0 aliphatic carbocycles. The van der Waals surface area contributed by atoms with Gasteiger partial charge in [0, 0.05) is 5.56 Å². The summed E-state index contributed by atoms with van der Waals surface area (Å²) < 4.78 is 23.1. The van der Waals surface area contributed by atoms with Gasteiger partial charge in [-0.15, -0.1) is 0 Å². The Bertz CT molecular complexity index is 641. The molecule has 0 bridgehead atoms. The van der Waals surface area contributed by atoms with E-state index >= 15 is 0 Å². The van der Waals surface area contributed by atoms with Crippen molar-refractivity contribution in [2.75, 3.05) is 13.2 Å². The van der Waals surface area contributed by atoms with E-state index in [0.717, 1.165) is 23.5 Å². The Balaban J connectivity index is 1.45. The summed E-state index contributed by atoms with van der Waals surface area (Å²) in [6.07, 6.45) is 1.06. The minimum Gasteiger partial charge on any atom is -0.490 e. The molecule has 1 aliphatic heterocycles. The van der Waals surface area contributed by atoms with Gasteiger partial charge < -0.3 is 18.9 Å². The van der Waals surface area contributed by atoms with Crippen LogP contribution in [-0.2, 0) is 9.47 Å². The summed E-state index contributed by atoms with van der Waals surface area (Å²) in [6.45, 7) is 7.22. The predicted molar refractivity (Wildman–Crippen MR) is 97.1 cm³/mol. The van der Waals surface area contributed by atoms with Crippen molar-refractivity contribution in [1.82, 2.24) is 0 Å². The van der Waals surface area contributed by atoms with Gasteiger partial charge in [0.25, 0.3) is 0 Å². The lowest BCUT2D eigenvalue weighted by Crippen LogP contribution is -2.30. The third-order valence-corrected chi connectivity index (χ3v) is 4.17. The number of aryl methyl sites for hydroxylation is 1. The van der Waals surface area contributed by atoms with E-state index in [9.17, 15) is 0 Å². The molecule has 0 N–H and O–H groups in total. The van der Waals surface area contributed by atoms with E-state index < -0.39 is 0 Å². The van der Waals surface area contributed by atoms with Gasteiger partial charge in [0.15, 0.2) is 6.29 Å². The van der Waals surface area contributed by atoms with Crippen molar-refractivity contribution in [2.45, 2.75) is 45.7 Å². The first-order valence-corrected chi connectivity index (χ1v) is 8.83. The van der Waals surface area contributed by atoms with E-state index in [0.29, 0.717) is 13.2 Å². The lowest BCUT2D eigenvalue weighted by molar-refractivity contribution is -0.239. The maximum absolute atomic E-state index is 5.86. The Morgan fingerprint density at radius 1 is 0.800 bits per heavy atom. The summed E-state index contributed by atoms with van der Waals surface area (Å²) in [6, 6.07) is 15.9. The summed E-state index contributed by atoms with van der Waals surface area (Å²) in [4.78, 5) is 0. The van der Waals surface area contributed by atoms with Gasteiger partial charge in [0.05, 0.1) is 12.2 Å². The van der Waals surface area contributed by atoms with Crippen LogP contribution in [0.25, 0.3) is 0 Å². The molecule has 0 amide bonds. The zero-order chi connectivity index (χ0) is 17.6. The van der Waals surface area contributed by atoms with E-state index in [2.05, 4.69) is 20.8 Å². The van der Waals surface area contributed by atoms with Crippen molar-refractivity contribution in [2.24, 2.45) is 0 Å². The molecule has 3 rings (SSSR count). The predicted octanol–water partition coefficient (Wildman–Crippen LogP) is 4.67. The maximum Gasteiger partial charge on any atom is 0.184 e. The summed E-state index contributed by atoms with van der Waals surface area (Å²) in [5.41, 5.74) is 2.24.